The Labute approximate surface area is 174 Å². The maximum atomic E-state index is 12.6. The highest BCUT2D eigenvalue weighted by Crippen LogP contribution is 2.24. The second-order valence-electron chi connectivity index (χ2n) is 6.55. The number of hydrogen-bond donors (Lipinski definition) is 1. The number of para-hydroxylation sites is 2. The van der Waals surface area contributed by atoms with E-state index in [1.807, 2.05) is 84.9 Å². The molecule has 1 aromatic heterocycles. The summed E-state index contributed by atoms with van der Waals surface area (Å²) in [5.41, 5.74) is 1.91. The van der Waals surface area contributed by atoms with Crippen LogP contribution in [-0.4, -0.2) is 22.9 Å². The van der Waals surface area contributed by atoms with E-state index < -0.39 is 0 Å². The Morgan fingerprint density at radius 3 is 2.07 bits per heavy atom. The number of hydrogen-bond acceptors (Lipinski definition) is 5. The van der Waals surface area contributed by atoms with Crippen LogP contribution in [0.4, 0.5) is 17.2 Å². The molecule has 0 unspecified atom stereocenters. The van der Waals surface area contributed by atoms with Crippen molar-refractivity contribution in [3.05, 3.63) is 103 Å². The third-order valence-corrected chi connectivity index (χ3v) is 4.42. The number of rotatable bonds is 6. The topological polar surface area (TPSA) is 67.4 Å². The first-order chi connectivity index (χ1) is 14.7. The van der Waals surface area contributed by atoms with Crippen molar-refractivity contribution in [3.8, 4) is 11.5 Å². The molecule has 0 saturated heterocycles. The van der Waals surface area contributed by atoms with Gasteiger partial charge in [0, 0.05) is 18.4 Å². The molecule has 3 aromatic carbocycles. The van der Waals surface area contributed by atoms with Crippen LogP contribution in [0.3, 0.4) is 0 Å². The molecule has 0 spiro atoms. The maximum Gasteiger partial charge on any atom is 0.278 e. The fourth-order valence-corrected chi connectivity index (χ4v) is 2.82. The van der Waals surface area contributed by atoms with E-state index in [1.54, 1.807) is 18.1 Å². The third kappa shape index (κ3) is 4.62. The number of nitrogens with one attached hydrogen (secondary N) is 1. The van der Waals surface area contributed by atoms with Crippen molar-refractivity contribution < 1.29 is 9.53 Å². The van der Waals surface area contributed by atoms with E-state index in [0.29, 0.717) is 5.82 Å². The Morgan fingerprint density at radius 2 is 1.43 bits per heavy atom. The zero-order valence-corrected chi connectivity index (χ0v) is 16.4. The van der Waals surface area contributed by atoms with Gasteiger partial charge in [-0.3, -0.25) is 4.79 Å². The zero-order valence-electron chi connectivity index (χ0n) is 16.4. The van der Waals surface area contributed by atoms with E-state index in [-0.39, 0.29) is 11.6 Å². The lowest BCUT2D eigenvalue weighted by Gasteiger charge is -2.16. The van der Waals surface area contributed by atoms with Crippen molar-refractivity contribution in [2.24, 2.45) is 0 Å². The number of benzene rings is 3. The molecule has 0 aliphatic rings. The van der Waals surface area contributed by atoms with Gasteiger partial charge in [-0.25, -0.2) is 9.97 Å². The summed E-state index contributed by atoms with van der Waals surface area (Å²) in [7, 11) is 1.71. The highest BCUT2D eigenvalue weighted by atomic mass is 16.5. The molecule has 6 nitrogen and oxygen atoms in total. The van der Waals surface area contributed by atoms with Gasteiger partial charge in [0.05, 0.1) is 12.4 Å². The van der Waals surface area contributed by atoms with E-state index >= 15 is 0 Å². The number of amides is 1. The Bertz CT molecular complexity index is 1100. The molecule has 30 heavy (non-hydrogen) atoms. The third-order valence-electron chi connectivity index (χ3n) is 4.42. The predicted octanol–water partition coefficient (Wildman–Crippen LogP) is 5.29. The Kier molecular flexibility index (Phi) is 5.66. The highest BCUT2D eigenvalue weighted by Gasteiger charge is 2.15. The summed E-state index contributed by atoms with van der Waals surface area (Å²) in [6, 6.07) is 26.5. The van der Waals surface area contributed by atoms with Gasteiger partial charge in [-0.05, 0) is 48.5 Å². The van der Waals surface area contributed by atoms with Gasteiger partial charge in [-0.1, -0.05) is 36.4 Å². The second kappa shape index (κ2) is 8.87. The van der Waals surface area contributed by atoms with Gasteiger partial charge >= 0.3 is 0 Å². The van der Waals surface area contributed by atoms with Crippen molar-refractivity contribution in [1.82, 2.24) is 9.97 Å². The summed E-state index contributed by atoms with van der Waals surface area (Å²) in [6.45, 7) is 0. The molecule has 1 N–H and O–H groups in total. The molecule has 0 bridgehead atoms. The lowest BCUT2D eigenvalue weighted by atomic mass is 10.3. The Morgan fingerprint density at radius 1 is 0.800 bits per heavy atom. The second-order valence-corrected chi connectivity index (χ2v) is 6.55. The Balaban J connectivity index is 1.39. The molecule has 1 heterocycles. The van der Waals surface area contributed by atoms with Gasteiger partial charge in [0.25, 0.3) is 5.91 Å². The monoisotopic (exact) mass is 396 g/mol. The van der Waals surface area contributed by atoms with Crippen LogP contribution in [0.15, 0.2) is 97.3 Å². The first-order valence-corrected chi connectivity index (χ1v) is 9.44. The molecule has 0 radical (unpaired) electrons. The number of nitrogens with zero attached hydrogens (tertiary/aromatic N) is 3. The number of anilines is 3. The summed E-state index contributed by atoms with van der Waals surface area (Å²) >= 11 is 0. The molecule has 0 saturated carbocycles. The average Bonchev–Trinajstić information content (AvgIpc) is 2.81. The van der Waals surface area contributed by atoms with Gasteiger partial charge < -0.3 is 15.0 Å². The van der Waals surface area contributed by atoms with Crippen LogP contribution in [0.5, 0.6) is 11.5 Å². The van der Waals surface area contributed by atoms with Crippen LogP contribution in [0, 0.1) is 0 Å². The largest absolute Gasteiger partial charge is 0.457 e. The highest BCUT2D eigenvalue weighted by molar-refractivity contribution is 6.04. The lowest BCUT2D eigenvalue weighted by molar-refractivity contribution is 0.0988. The van der Waals surface area contributed by atoms with Crippen LogP contribution in [0.1, 0.15) is 10.5 Å². The molecule has 4 rings (SSSR count). The van der Waals surface area contributed by atoms with Gasteiger partial charge in [0.2, 0.25) is 0 Å². The smallest absolute Gasteiger partial charge is 0.278 e. The maximum absolute atomic E-state index is 12.6. The number of aromatic nitrogens is 2. The minimum absolute atomic E-state index is 0.220. The van der Waals surface area contributed by atoms with Crippen molar-refractivity contribution >= 4 is 23.1 Å². The van der Waals surface area contributed by atoms with Crippen LogP contribution < -0.4 is 15.0 Å². The molecule has 6 heteroatoms. The fourth-order valence-electron chi connectivity index (χ4n) is 2.82. The zero-order chi connectivity index (χ0) is 20.8. The van der Waals surface area contributed by atoms with Crippen molar-refractivity contribution in [2.45, 2.75) is 0 Å². The van der Waals surface area contributed by atoms with Gasteiger partial charge in [0.1, 0.15) is 23.0 Å². The lowest BCUT2D eigenvalue weighted by Crippen LogP contribution is -2.27. The van der Waals surface area contributed by atoms with E-state index in [1.165, 1.54) is 6.20 Å². The van der Waals surface area contributed by atoms with Crippen LogP contribution in [0.25, 0.3) is 0 Å². The summed E-state index contributed by atoms with van der Waals surface area (Å²) in [5, 5.41) is 3.17. The standard InChI is InChI=1S/C24H20N4O2/c1-28(19-8-4-2-5-9-19)24(29)22-16-26-23(17-25-22)27-18-12-14-21(15-13-18)30-20-10-6-3-7-11-20/h2-17H,1H3,(H,26,27). The van der Waals surface area contributed by atoms with E-state index in [9.17, 15) is 4.79 Å². The van der Waals surface area contributed by atoms with Crippen LogP contribution in [0.2, 0.25) is 0 Å². The first kappa shape index (κ1) is 19.1. The van der Waals surface area contributed by atoms with Gasteiger partial charge in [0.15, 0.2) is 0 Å². The number of carbonyl (C=O) groups is 1. The molecule has 0 fully saturated rings. The Hall–Kier alpha value is -4.19. The molecule has 4 aromatic rings. The summed E-state index contributed by atoms with van der Waals surface area (Å²) in [4.78, 5) is 22.7. The predicted molar refractivity (Wildman–Crippen MR) is 117 cm³/mol. The summed E-state index contributed by atoms with van der Waals surface area (Å²) in [5.74, 6) is 1.85. The fraction of sp³-hybridized carbons (Fsp3) is 0.0417. The van der Waals surface area contributed by atoms with Crippen molar-refractivity contribution in [1.29, 1.82) is 0 Å². The summed E-state index contributed by atoms with van der Waals surface area (Å²) < 4.78 is 5.79. The molecule has 0 atom stereocenters. The molecular weight excluding hydrogens is 376 g/mol. The molecule has 1 amide bonds. The normalized spacial score (nSPS) is 10.3. The number of carbonyl (C=O) groups excluding carboxylic acids is 1. The van der Waals surface area contributed by atoms with Gasteiger partial charge in [-0.15, -0.1) is 0 Å². The molecule has 0 aliphatic carbocycles. The van der Waals surface area contributed by atoms with Crippen LogP contribution in [-0.2, 0) is 0 Å². The molecular formula is C24H20N4O2. The first-order valence-electron chi connectivity index (χ1n) is 9.44. The van der Waals surface area contributed by atoms with Gasteiger partial charge in [-0.2, -0.15) is 0 Å². The van der Waals surface area contributed by atoms with E-state index in [2.05, 4.69) is 15.3 Å². The minimum atomic E-state index is -0.220. The van der Waals surface area contributed by atoms with Crippen LogP contribution >= 0.6 is 0 Å². The van der Waals surface area contributed by atoms with E-state index in [4.69, 9.17) is 4.74 Å². The molecule has 148 valence electrons. The minimum Gasteiger partial charge on any atom is -0.457 e. The SMILES string of the molecule is CN(C(=O)c1cnc(Nc2ccc(Oc3ccccc3)cc2)cn1)c1ccccc1. The average molecular weight is 396 g/mol. The van der Waals surface area contributed by atoms with E-state index in [0.717, 1.165) is 22.9 Å². The quantitative estimate of drug-likeness (QED) is 0.480. The van der Waals surface area contributed by atoms with Crippen molar-refractivity contribution in [3.63, 3.8) is 0 Å². The molecule has 0 aliphatic heterocycles. The number of ether oxygens (including phenoxy) is 1. The van der Waals surface area contributed by atoms with Crippen molar-refractivity contribution in [2.75, 3.05) is 17.3 Å². The summed E-state index contributed by atoms with van der Waals surface area (Å²) in [6.07, 6.45) is 3.01.